The van der Waals surface area contributed by atoms with Crippen molar-refractivity contribution in [1.82, 2.24) is 0 Å². The number of aliphatic hydroxyl groups is 2. The second-order valence-corrected chi connectivity index (χ2v) is 13.4. The standard InChI is InChI=1S/C34H55NO8.Na.H/c1-9-25(31-21(6)18-34(11-3,43-31)26-16-17-33(40,10-2)23(8)42-26)28(35-41)22(7)29(36)19(4)12-14-24-15-13-20(5)30(37)27(24)32(38)39;;/h13,15,19,21-23,25-26,29,31,36-37,40-41H,9-12,14,16-18H2,1-8H3,(H,38,39);;/q;+1;-1. The zero-order valence-electron chi connectivity index (χ0n) is 29.3. The minimum Gasteiger partial charge on any atom is -1.00 e. The van der Waals surface area contributed by atoms with E-state index in [9.17, 15) is 30.4 Å². The fourth-order valence-corrected chi connectivity index (χ4v) is 7.63. The number of hydrogen-bond donors (Lipinski definition) is 5. The number of rotatable bonds is 13. The zero-order chi connectivity index (χ0) is 32.3. The van der Waals surface area contributed by atoms with Gasteiger partial charge in [-0.2, -0.15) is 0 Å². The van der Waals surface area contributed by atoms with E-state index in [-0.39, 0.29) is 78.4 Å². The molecule has 0 aromatic heterocycles. The smallest absolute Gasteiger partial charge is 1.00 e. The maximum Gasteiger partial charge on any atom is 1.00 e. The van der Waals surface area contributed by atoms with E-state index in [1.54, 1.807) is 19.1 Å². The molecule has 0 spiro atoms. The fourth-order valence-electron chi connectivity index (χ4n) is 7.63. The van der Waals surface area contributed by atoms with E-state index < -0.39 is 29.2 Å². The number of oxime groups is 1. The van der Waals surface area contributed by atoms with Crippen molar-refractivity contribution in [3.8, 4) is 5.75 Å². The zero-order valence-corrected chi connectivity index (χ0v) is 30.3. The summed E-state index contributed by atoms with van der Waals surface area (Å²) in [5.74, 6) is -2.16. The van der Waals surface area contributed by atoms with E-state index in [1.807, 2.05) is 34.6 Å². The molecule has 0 saturated carbocycles. The SMILES string of the molecule is CCC(C(=NO)C(C)C(O)C(C)CCc1ccc(C)c(O)c1C(=O)O)C1OC(CC)(C2CCC(O)(CC)C(C)O2)CC1C.[H-].[Na+]. The summed E-state index contributed by atoms with van der Waals surface area (Å²) in [6.45, 7) is 15.7. The molecule has 2 aliphatic rings. The van der Waals surface area contributed by atoms with Gasteiger partial charge in [0, 0.05) is 11.8 Å². The number of carbonyl (C=O) groups is 1. The van der Waals surface area contributed by atoms with Crippen molar-refractivity contribution >= 4 is 11.7 Å². The Bertz CT molecular complexity index is 1150. The largest absolute Gasteiger partial charge is 1.00 e. The average molecular weight is 630 g/mol. The van der Waals surface area contributed by atoms with Gasteiger partial charge in [-0.05, 0) is 88.2 Å². The van der Waals surface area contributed by atoms with Gasteiger partial charge in [-0.15, -0.1) is 0 Å². The van der Waals surface area contributed by atoms with E-state index >= 15 is 0 Å². The van der Waals surface area contributed by atoms with Crippen LogP contribution >= 0.6 is 0 Å². The first-order chi connectivity index (χ1) is 20.2. The van der Waals surface area contributed by atoms with E-state index in [4.69, 9.17) is 9.47 Å². The summed E-state index contributed by atoms with van der Waals surface area (Å²) in [6, 6.07) is 3.42. The van der Waals surface area contributed by atoms with Gasteiger partial charge in [-0.1, -0.05) is 58.8 Å². The molecule has 0 bridgehead atoms. The normalized spacial score (nSPS) is 32.0. The topological polar surface area (TPSA) is 149 Å². The monoisotopic (exact) mass is 629 g/mol. The molecular formula is C34H56NNaO8. The maximum atomic E-state index is 11.8. The van der Waals surface area contributed by atoms with Crippen LogP contribution in [-0.4, -0.2) is 72.9 Å². The summed E-state index contributed by atoms with van der Waals surface area (Å²) >= 11 is 0. The second kappa shape index (κ2) is 16.1. The molecule has 9 nitrogen and oxygen atoms in total. The number of aryl methyl sites for hydroxylation is 2. The van der Waals surface area contributed by atoms with Crippen molar-refractivity contribution in [1.29, 1.82) is 0 Å². The number of carboxylic acids is 1. The maximum absolute atomic E-state index is 11.8. The predicted molar refractivity (Wildman–Crippen MR) is 167 cm³/mol. The third-order valence-electron chi connectivity index (χ3n) is 10.8. The third-order valence-corrected chi connectivity index (χ3v) is 10.8. The Morgan fingerprint density at radius 2 is 1.84 bits per heavy atom. The van der Waals surface area contributed by atoms with Crippen LogP contribution in [0.5, 0.6) is 5.75 Å². The number of nitrogens with zero attached hydrogens (tertiary/aromatic N) is 1. The van der Waals surface area contributed by atoms with Gasteiger partial charge in [0.2, 0.25) is 0 Å². The van der Waals surface area contributed by atoms with Crippen LogP contribution in [0.4, 0.5) is 0 Å². The van der Waals surface area contributed by atoms with E-state index in [2.05, 4.69) is 19.0 Å². The molecule has 44 heavy (non-hydrogen) atoms. The molecule has 1 aromatic rings. The molecule has 10 atom stereocenters. The van der Waals surface area contributed by atoms with E-state index in [0.717, 1.165) is 12.8 Å². The van der Waals surface area contributed by atoms with Crippen LogP contribution in [0.1, 0.15) is 116 Å². The Balaban J connectivity index is 0.00000506. The van der Waals surface area contributed by atoms with Crippen molar-refractivity contribution in [2.24, 2.45) is 28.8 Å². The Hall–Kier alpha value is -1.20. The van der Waals surface area contributed by atoms with Crippen LogP contribution in [0.25, 0.3) is 0 Å². The van der Waals surface area contributed by atoms with Crippen LogP contribution in [0.15, 0.2) is 17.3 Å². The predicted octanol–water partition coefficient (Wildman–Crippen LogP) is 3.22. The summed E-state index contributed by atoms with van der Waals surface area (Å²) in [5.41, 5.74) is 0.0988. The van der Waals surface area contributed by atoms with Crippen molar-refractivity contribution < 1.29 is 70.9 Å². The molecule has 2 saturated heterocycles. The van der Waals surface area contributed by atoms with Gasteiger partial charge in [0.15, 0.2) is 0 Å². The molecule has 10 unspecified atom stereocenters. The summed E-state index contributed by atoms with van der Waals surface area (Å²) in [6.07, 6.45) is 3.62. The Labute approximate surface area is 287 Å². The van der Waals surface area contributed by atoms with Crippen LogP contribution < -0.4 is 29.6 Å². The summed E-state index contributed by atoms with van der Waals surface area (Å²) in [5, 5.41) is 56.3. The molecular weight excluding hydrogens is 573 g/mol. The van der Waals surface area contributed by atoms with Gasteiger partial charge in [-0.25, -0.2) is 4.79 Å². The molecule has 246 valence electrons. The van der Waals surface area contributed by atoms with Gasteiger partial charge in [-0.3, -0.25) is 0 Å². The van der Waals surface area contributed by atoms with Gasteiger partial charge < -0.3 is 36.5 Å². The van der Waals surface area contributed by atoms with Gasteiger partial charge >= 0.3 is 35.5 Å². The van der Waals surface area contributed by atoms with E-state index in [1.165, 1.54) is 0 Å². The number of phenols is 1. The molecule has 2 fully saturated rings. The molecule has 0 radical (unpaired) electrons. The van der Waals surface area contributed by atoms with Crippen LogP contribution in [0.3, 0.4) is 0 Å². The molecule has 2 heterocycles. The molecule has 0 aliphatic carbocycles. The van der Waals surface area contributed by atoms with Gasteiger partial charge in [0.1, 0.15) is 11.3 Å². The molecule has 10 heteroatoms. The first kappa shape index (κ1) is 39.0. The second-order valence-electron chi connectivity index (χ2n) is 13.4. The van der Waals surface area contributed by atoms with Crippen LogP contribution in [0, 0.1) is 30.6 Å². The number of carboxylic acid groups (broad SMARTS) is 1. The summed E-state index contributed by atoms with van der Waals surface area (Å²) < 4.78 is 13.4. The van der Waals surface area contributed by atoms with E-state index in [0.29, 0.717) is 55.4 Å². The van der Waals surface area contributed by atoms with Crippen molar-refractivity contribution in [3.05, 3.63) is 28.8 Å². The summed E-state index contributed by atoms with van der Waals surface area (Å²) in [4.78, 5) is 11.8. The first-order valence-electron chi connectivity index (χ1n) is 16.2. The van der Waals surface area contributed by atoms with Gasteiger partial charge in [0.05, 0.1) is 41.3 Å². The summed E-state index contributed by atoms with van der Waals surface area (Å²) in [7, 11) is 0. The number of ether oxygens (including phenoxy) is 2. The molecule has 0 amide bonds. The number of aliphatic hydroxyl groups excluding tert-OH is 1. The molecule has 1 aromatic carbocycles. The number of aromatic carboxylic acids is 1. The third kappa shape index (κ3) is 7.84. The van der Waals surface area contributed by atoms with Crippen LogP contribution in [-0.2, 0) is 15.9 Å². The molecule has 3 rings (SSSR count). The number of benzene rings is 1. The van der Waals surface area contributed by atoms with Crippen molar-refractivity contribution in [2.45, 2.75) is 142 Å². The minimum atomic E-state index is -1.18. The van der Waals surface area contributed by atoms with Gasteiger partial charge in [0.25, 0.3) is 0 Å². The Morgan fingerprint density at radius 3 is 2.36 bits per heavy atom. The Morgan fingerprint density at radius 1 is 1.18 bits per heavy atom. The van der Waals surface area contributed by atoms with Crippen molar-refractivity contribution in [2.75, 3.05) is 0 Å². The quantitative estimate of drug-likeness (QED) is 0.0967. The Kier molecular flexibility index (Phi) is 14.2. The van der Waals surface area contributed by atoms with Crippen LogP contribution in [0.2, 0.25) is 0 Å². The minimum absolute atomic E-state index is 0. The molecule has 2 aliphatic heterocycles. The van der Waals surface area contributed by atoms with Crippen molar-refractivity contribution in [3.63, 3.8) is 0 Å². The first-order valence-corrected chi connectivity index (χ1v) is 16.2. The number of hydrogen-bond acceptors (Lipinski definition) is 8. The average Bonchev–Trinajstić information content (AvgIpc) is 3.33. The molecule has 5 N–H and O–H groups in total. The fraction of sp³-hybridized carbons (Fsp3) is 0.765. The number of aromatic hydroxyl groups is 1.